The van der Waals surface area contributed by atoms with Crippen molar-refractivity contribution in [3.8, 4) is 11.5 Å². The molecule has 2 atom stereocenters. The predicted molar refractivity (Wildman–Crippen MR) is 91.3 cm³/mol. The lowest BCUT2D eigenvalue weighted by molar-refractivity contribution is -0.141. The summed E-state index contributed by atoms with van der Waals surface area (Å²) in [5.74, 6) is 1.40. The van der Waals surface area contributed by atoms with Gasteiger partial charge in [-0.05, 0) is 36.1 Å². The van der Waals surface area contributed by atoms with Crippen LogP contribution >= 0.6 is 0 Å². The highest BCUT2D eigenvalue weighted by molar-refractivity contribution is 5.75. The molecule has 0 bridgehead atoms. The first-order valence-corrected chi connectivity index (χ1v) is 8.12. The number of esters is 1. The highest BCUT2D eigenvalue weighted by Crippen LogP contribution is 2.32. The van der Waals surface area contributed by atoms with Gasteiger partial charge in [0.1, 0.15) is 0 Å². The van der Waals surface area contributed by atoms with E-state index in [2.05, 4.69) is 12.1 Å². The average molecular weight is 326 g/mol. The van der Waals surface area contributed by atoms with E-state index >= 15 is 0 Å². The second-order valence-corrected chi connectivity index (χ2v) is 6.08. The van der Waals surface area contributed by atoms with Gasteiger partial charge in [-0.25, -0.2) is 0 Å². The van der Waals surface area contributed by atoms with Crippen molar-refractivity contribution in [3.63, 3.8) is 0 Å². The fourth-order valence-corrected chi connectivity index (χ4v) is 3.23. The predicted octanol–water partition coefficient (Wildman–Crippen LogP) is 3.28. The van der Waals surface area contributed by atoms with Crippen LogP contribution in [-0.2, 0) is 22.4 Å². The quantitative estimate of drug-likeness (QED) is 0.764. The average Bonchev–Trinajstić information content (AvgIpc) is 2.96. The van der Waals surface area contributed by atoms with Crippen LogP contribution in [0.25, 0.3) is 0 Å². The van der Waals surface area contributed by atoms with Crippen LogP contribution in [0.15, 0.2) is 48.5 Å². The van der Waals surface area contributed by atoms with E-state index in [1.165, 1.54) is 5.56 Å². The zero-order valence-corrected chi connectivity index (χ0v) is 14.0. The smallest absolute Gasteiger partial charge is 0.309 e. The molecular weight excluding hydrogens is 304 g/mol. The summed E-state index contributed by atoms with van der Waals surface area (Å²) in [7, 11) is 3.25. The van der Waals surface area contributed by atoms with Gasteiger partial charge in [-0.3, -0.25) is 4.79 Å². The van der Waals surface area contributed by atoms with Crippen LogP contribution in [-0.4, -0.2) is 26.8 Å². The normalized spacial score (nSPS) is 19.8. The van der Waals surface area contributed by atoms with Crippen molar-refractivity contribution in [2.24, 2.45) is 11.8 Å². The zero-order valence-electron chi connectivity index (χ0n) is 14.0. The standard InChI is InChI=1S/C20H22O4/c1-22-18-9-8-15(12-19(18)23-2)10-16-13-24-20(21)17(16)11-14-6-4-3-5-7-14/h3-9,12,16-17H,10-11,13H2,1-2H3/t16?,17-/m1/s1. The molecule has 0 saturated carbocycles. The Morgan fingerprint density at radius 1 is 0.958 bits per heavy atom. The molecule has 0 spiro atoms. The minimum absolute atomic E-state index is 0.0932. The summed E-state index contributed by atoms with van der Waals surface area (Å²) in [6.07, 6.45) is 1.50. The van der Waals surface area contributed by atoms with Gasteiger partial charge in [0, 0.05) is 5.92 Å². The first-order chi connectivity index (χ1) is 11.7. The number of ether oxygens (including phenoxy) is 3. The van der Waals surface area contributed by atoms with Crippen molar-refractivity contribution in [1.29, 1.82) is 0 Å². The second-order valence-electron chi connectivity index (χ2n) is 6.08. The molecule has 0 N–H and O–H groups in total. The van der Waals surface area contributed by atoms with Gasteiger partial charge in [0.05, 0.1) is 26.7 Å². The zero-order chi connectivity index (χ0) is 16.9. The number of rotatable bonds is 6. The van der Waals surface area contributed by atoms with Gasteiger partial charge in [-0.2, -0.15) is 0 Å². The molecule has 1 fully saturated rings. The van der Waals surface area contributed by atoms with Gasteiger partial charge in [0.2, 0.25) is 0 Å². The largest absolute Gasteiger partial charge is 0.493 e. The van der Waals surface area contributed by atoms with Crippen molar-refractivity contribution >= 4 is 5.97 Å². The van der Waals surface area contributed by atoms with Crippen molar-refractivity contribution in [3.05, 3.63) is 59.7 Å². The molecule has 0 aliphatic carbocycles. The van der Waals surface area contributed by atoms with E-state index in [0.29, 0.717) is 18.1 Å². The van der Waals surface area contributed by atoms with E-state index in [1.807, 2.05) is 36.4 Å². The number of cyclic esters (lactones) is 1. The van der Waals surface area contributed by atoms with Crippen LogP contribution in [0.3, 0.4) is 0 Å². The van der Waals surface area contributed by atoms with Gasteiger partial charge in [0.15, 0.2) is 11.5 Å². The maximum Gasteiger partial charge on any atom is 0.309 e. The van der Waals surface area contributed by atoms with Gasteiger partial charge >= 0.3 is 5.97 Å². The van der Waals surface area contributed by atoms with Gasteiger partial charge in [0.25, 0.3) is 0 Å². The maximum atomic E-state index is 12.1. The van der Waals surface area contributed by atoms with E-state index in [4.69, 9.17) is 14.2 Å². The van der Waals surface area contributed by atoms with Gasteiger partial charge < -0.3 is 14.2 Å². The lowest BCUT2D eigenvalue weighted by atomic mass is 9.85. The topological polar surface area (TPSA) is 44.8 Å². The van der Waals surface area contributed by atoms with Gasteiger partial charge in [-0.1, -0.05) is 36.4 Å². The molecule has 4 nitrogen and oxygen atoms in total. The van der Waals surface area contributed by atoms with Crippen molar-refractivity contribution in [1.82, 2.24) is 0 Å². The summed E-state index contributed by atoms with van der Waals surface area (Å²) in [5.41, 5.74) is 2.28. The van der Waals surface area contributed by atoms with E-state index in [0.717, 1.165) is 18.4 Å². The Bertz CT molecular complexity index is 696. The molecule has 2 aromatic rings. The molecule has 1 aliphatic rings. The molecule has 1 unspecified atom stereocenters. The molecular formula is C20H22O4. The summed E-state index contributed by atoms with van der Waals surface area (Å²) in [5, 5.41) is 0. The minimum Gasteiger partial charge on any atom is -0.493 e. The molecule has 4 heteroatoms. The Labute approximate surface area is 142 Å². The van der Waals surface area contributed by atoms with Crippen molar-refractivity contribution in [2.45, 2.75) is 12.8 Å². The molecule has 0 radical (unpaired) electrons. The third-order valence-corrected chi connectivity index (χ3v) is 4.56. The summed E-state index contributed by atoms with van der Waals surface area (Å²) >= 11 is 0. The Morgan fingerprint density at radius 3 is 2.42 bits per heavy atom. The number of carbonyl (C=O) groups is 1. The molecule has 24 heavy (non-hydrogen) atoms. The SMILES string of the molecule is COc1ccc(CC2COC(=O)[C@@H]2Cc2ccccc2)cc1OC. The van der Waals surface area contributed by atoms with Crippen molar-refractivity contribution in [2.75, 3.05) is 20.8 Å². The lowest BCUT2D eigenvalue weighted by Crippen LogP contribution is -2.20. The Morgan fingerprint density at radius 2 is 1.71 bits per heavy atom. The molecule has 0 aromatic heterocycles. The molecule has 1 heterocycles. The lowest BCUT2D eigenvalue weighted by Gasteiger charge is -2.16. The number of benzene rings is 2. The number of methoxy groups -OCH3 is 2. The minimum atomic E-state index is -0.0968. The first-order valence-electron chi connectivity index (χ1n) is 8.12. The molecule has 1 saturated heterocycles. The third-order valence-electron chi connectivity index (χ3n) is 4.56. The molecule has 1 aliphatic heterocycles. The van der Waals surface area contributed by atoms with Crippen LogP contribution in [0, 0.1) is 11.8 Å². The maximum absolute atomic E-state index is 12.1. The Kier molecular flexibility index (Phi) is 5.04. The van der Waals surface area contributed by atoms with Crippen LogP contribution in [0.2, 0.25) is 0 Å². The fourth-order valence-electron chi connectivity index (χ4n) is 3.23. The van der Waals surface area contributed by atoms with E-state index < -0.39 is 0 Å². The monoisotopic (exact) mass is 326 g/mol. The van der Waals surface area contributed by atoms with Crippen LogP contribution in [0.5, 0.6) is 11.5 Å². The Hall–Kier alpha value is -2.49. The number of carbonyl (C=O) groups excluding carboxylic acids is 1. The van der Waals surface area contributed by atoms with Crippen LogP contribution < -0.4 is 9.47 Å². The number of hydrogen-bond donors (Lipinski definition) is 0. The summed E-state index contributed by atoms with van der Waals surface area (Å²) in [4.78, 5) is 12.1. The Balaban J connectivity index is 1.74. The van der Waals surface area contributed by atoms with E-state index in [1.54, 1.807) is 14.2 Å². The second kappa shape index (κ2) is 7.39. The van der Waals surface area contributed by atoms with Crippen LogP contribution in [0.4, 0.5) is 0 Å². The molecule has 0 amide bonds. The highest BCUT2D eigenvalue weighted by Gasteiger charge is 2.36. The first kappa shape index (κ1) is 16.4. The third kappa shape index (κ3) is 3.53. The van der Waals surface area contributed by atoms with E-state index in [9.17, 15) is 4.79 Å². The molecule has 126 valence electrons. The highest BCUT2D eigenvalue weighted by atomic mass is 16.5. The summed E-state index contributed by atoms with van der Waals surface area (Å²) in [6.45, 7) is 0.477. The molecule has 3 rings (SSSR count). The fraction of sp³-hybridized carbons (Fsp3) is 0.350. The number of hydrogen-bond acceptors (Lipinski definition) is 4. The molecule has 2 aromatic carbocycles. The van der Waals surface area contributed by atoms with Crippen LogP contribution in [0.1, 0.15) is 11.1 Å². The van der Waals surface area contributed by atoms with E-state index in [-0.39, 0.29) is 17.8 Å². The summed E-state index contributed by atoms with van der Waals surface area (Å²) < 4.78 is 16.0. The van der Waals surface area contributed by atoms with Gasteiger partial charge in [-0.15, -0.1) is 0 Å². The summed E-state index contributed by atoms with van der Waals surface area (Å²) in [6, 6.07) is 16.0. The van der Waals surface area contributed by atoms with Crippen molar-refractivity contribution < 1.29 is 19.0 Å².